The van der Waals surface area contributed by atoms with E-state index in [1.165, 1.54) is 12.8 Å². The molecule has 2 saturated heterocycles. The van der Waals surface area contributed by atoms with Crippen molar-refractivity contribution in [2.75, 3.05) is 19.7 Å². The highest BCUT2D eigenvalue weighted by Crippen LogP contribution is 2.53. The maximum atomic E-state index is 12.1. The van der Waals surface area contributed by atoms with Gasteiger partial charge in [-0.1, -0.05) is 0 Å². The van der Waals surface area contributed by atoms with Gasteiger partial charge in [0.25, 0.3) is 5.91 Å². The molecule has 2 aliphatic heterocycles. The molecule has 0 aromatic rings. The topological polar surface area (TPSA) is 53.3 Å². The molecule has 80 valence electrons. The Hall–Kier alpha value is -1.08. The van der Waals surface area contributed by atoms with Crippen LogP contribution in [0.5, 0.6) is 0 Å². The summed E-state index contributed by atoms with van der Waals surface area (Å²) >= 11 is 0. The van der Waals surface area contributed by atoms with Gasteiger partial charge < -0.3 is 9.64 Å². The van der Waals surface area contributed by atoms with Crippen LogP contribution in [0.3, 0.4) is 0 Å². The molecule has 1 aliphatic carbocycles. The largest absolute Gasteiger partial charge is 0.352 e. The molecule has 3 fully saturated rings. The van der Waals surface area contributed by atoms with E-state index in [2.05, 4.69) is 0 Å². The zero-order chi connectivity index (χ0) is 10.5. The van der Waals surface area contributed by atoms with Crippen LogP contribution in [0.4, 0.5) is 0 Å². The van der Waals surface area contributed by atoms with Crippen LogP contribution in [0.15, 0.2) is 0 Å². The molecule has 0 radical (unpaired) electrons. The number of amides is 1. The first-order valence-corrected chi connectivity index (χ1v) is 5.54. The minimum absolute atomic E-state index is 0.0972. The van der Waals surface area contributed by atoms with Crippen molar-refractivity contribution in [3.05, 3.63) is 0 Å². The van der Waals surface area contributed by atoms with E-state index in [-0.39, 0.29) is 5.91 Å². The van der Waals surface area contributed by atoms with Gasteiger partial charge in [0.05, 0.1) is 6.61 Å². The van der Waals surface area contributed by atoms with Gasteiger partial charge in [-0.2, -0.15) is 5.26 Å². The van der Waals surface area contributed by atoms with Crippen molar-refractivity contribution in [3.63, 3.8) is 0 Å². The quantitative estimate of drug-likeness (QED) is 0.634. The number of nitriles is 1. The summed E-state index contributed by atoms with van der Waals surface area (Å²) in [5, 5.41) is 8.99. The normalized spacial score (nSPS) is 36.1. The summed E-state index contributed by atoms with van der Waals surface area (Å²) in [5.74, 6) is -0.0972. The first-order valence-electron chi connectivity index (χ1n) is 5.54. The summed E-state index contributed by atoms with van der Waals surface area (Å²) in [6, 6.07) is 2.03. The van der Waals surface area contributed by atoms with Crippen molar-refractivity contribution in [2.24, 2.45) is 5.41 Å². The van der Waals surface area contributed by atoms with E-state index in [1.807, 2.05) is 11.0 Å². The summed E-state index contributed by atoms with van der Waals surface area (Å²) in [4.78, 5) is 13.9. The van der Waals surface area contributed by atoms with E-state index in [0.717, 1.165) is 19.5 Å². The molecule has 2 heterocycles. The van der Waals surface area contributed by atoms with E-state index in [0.29, 0.717) is 18.4 Å². The van der Waals surface area contributed by atoms with Gasteiger partial charge in [-0.25, -0.2) is 0 Å². The predicted molar refractivity (Wildman–Crippen MR) is 51.8 cm³/mol. The summed E-state index contributed by atoms with van der Waals surface area (Å²) in [5.41, 5.74) is -0.698. The molecular formula is C11H14N2O2. The number of carbonyl (C=O) groups excluding carboxylic acids is 1. The molecule has 1 atom stereocenters. The van der Waals surface area contributed by atoms with Crippen LogP contribution in [0.25, 0.3) is 0 Å². The zero-order valence-corrected chi connectivity index (χ0v) is 8.66. The van der Waals surface area contributed by atoms with Gasteiger partial charge in [0.1, 0.15) is 6.07 Å². The molecule has 0 N–H and O–H groups in total. The first kappa shape index (κ1) is 9.17. The lowest BCUT2D eigenvalue weighted by molar-refractivity contribution is -0.170. The Morgan fingerprint density at radius 3 is 2.47 bits per heavy atom. The Bertz CT molecular complexity index is 350. The smallest absolute Gasteiger partial charge is 0.269 e. The standard InChI is InChI=1S/C11H14N2O2/c12-7-11(4-6-15-11)9(14)13-5-3-10(8-13)1-2-10/h1-6,8H2. The lowest BCUT2D eigenvalue weighted by atomic mass is 9.95. The first-order chi connectivity index (χ1) is 7.20. The average Bonchev–Trinajstić information content (AvgIpc) is 2.75. The molecular weight excluding hydrogens is 192 g/mol. The van der Waals surface area contributed by atoms with Crippen molar-refractivity contribution in [1.29, 1.82) is 5.26 Å². The zero-order valence-electron chi connectivity index (χ0n) is 8.66. The van der Waals surface area contributed by atoms with E-state index in [4.69, 9.17) is 10.00 Å². The number of hydrogen-bond acceptors (Lipinski definition) is 3. The van der Waals surface area contributed by atoms with E-state index in [9.17, 15) is 4.79 Å². The third-order valence-corrected chi connectivity index (χ3v) is 4.01. The third-order valence-electron chi connectivity index (χ3n) is 4.01. The van der Waals surface area contributed by atoms with Crippen molar-refractivity contribution in [3.8, 4) is 6.07 Å². The number of ether oxygens (including phenoxy) is 1. The minimum atomic E-state index is -1.12. The van der Waals surface area contributed by atoms with Gasteiger partial charge in [0.2, 0.25) is 5.60 Å². The van der Waals surface area contributed by atoms with Gasteiger partial charge in [-0.15, -0.1) is 0 Å². The Balaban J connectivity index is 1.73. The van der Waals surface area contributed by atoms with Crippen LogP contribution in [-0.4, -0.2) is 36.1 Å². The van der Waals surface area contributed by atoms with Gasteiger partial charge in [0.15, 0.2) is 0 Å². The molecule has 4 heteroatoms. The second-order valence-corrected chi connectivity index (χ2v) is 5.01. The molecule has 0 aromatic carbocycles. The molecule has 15 heavy (non-hydrogen) atoms. The molecule has 1 spiro atoms. The Kier molecular flexibility index (Phi) is 1.67. The van der Waals surface area contributed by atoms with Gasteiger partial charge in [-0.3, -0.25) is 4.79 Å². The molecule has 0 bridgehead atoms. The van der Waals surface area contributed by atoms with E-state index in [1.54, 1.807) is 0 Å². The second-order valence-electron chi connectivity index (χ2n) is 5.01. The predicted octanol–water partition coefficient (Wildman–Crippen LogP) is 0.682. The summed E-state index contributed by atoms with van der Waals surface area (Å²) in [6.45, 7) is 2.20. The highest BCUT2D eigenvalue weighted by Gasteiger charge is 2.54. The Morgan fingerprint density at radius 2 is 2.07 bits per heavy atom. The Labute approximate surface area is 88.8 Å². The van der Waals surface area contributed by atoms with Crippen molar-refractivity contribution < 1.29 is 9.53 Å². The van der Waals surface area contributed by atoms with Crippen LogP contribution in [-0.2, 0) is 9.53 Å². The second kappa shape index (κ2) is 2.73. The monoisotopic (exact) mass is 206 g/mol. The maximum absolute atomic E-state index is 12.1. The fourth-order valence-corrected chi connectivity index (χ4v) is 2.56. The number of rotatable bonds is 1. The summed E-state index contributed by atoms with van der Waals surface area (Å²) < 4.78 is 5.18. The van der Waals surface area contributed by atoms with Gasteiger partial charge in [-0.05, 0) is 24.7 Å². The number of hydrogen-bond donors (Lipinski definition) is 0. The van der Waals surface area contributed by atoms with E-state index >= 15 is 0 Å². The summed E-state index contributed by atoms with van der Waals surface area (Å²) in [7, 11) is 0. The fraction of sp³-hybridized carbons (Fsp3) is 0.818. The molecule has 3 rings (SSSR count). The van der Waals surface area contributed by atoms with Crippen LogP contribution < -0.4 is 0 Å². The molecule has 3 aliphatic rings. The highest BCUT2D eigenvalue weighted by atomic mass is 16.5. The number of nitrogens with zero attached hydrogens (tertiary/aromatic N) is 2. The van der Waals surface area contributed by atoms with Crippen molar-refractivity contribution in [1.82, 2.24) is 4.90 Å². The molecule has 1 saturated carbocycles. The number of likely N-dealkylation sites (tertiary alicyclic amines) is 1. The van der Waals surface area contributed by atoms with Crippen molar-refractivity contribution >= 4 is 5.91 Å². The van der Waals surface area contributed by atoms with Gasteiger partial charge in [0, 0.05) is 19.5 Å². The summed E-state index contributed by atoms with van der Waals surface area (Å²) in [6.07, 6.45) is 4.17. The number of carbonyl (C=O) groups is 1. The SMILES string of the molecule is N#CC1(C(=O)N2CCC3(CC3)C2)CCO1. The van der Waals surface area contributed by atoms with E-state index < -0.39 is 5.60 Å². The lowest BCUT2D eigenvalue weighted by Crippen LogP contribution is -2.55. The van der Waals surface area contributed by atoms with Crippen LogP contribution in [0, 0.1) is 16.7 Å². The molecule has 1 amide bonds. The van der Waals surface area contributed by atoms with Crippen molar-refractivity contribution in [2.45, 2.75) is 31.3 Å². The molecule has 4 nitrogen and oxygen atoms in total. The fourth-order valence-electron chi connectivity index (χ4n) is 2.56. The highest BCUT2D eigenvalue weighted by molar-refractivity contribution is 5.89. The molecule has 0 aromatic heterocycles. The lowest BCUT2D eigenvalue weighted by Gasteiger charge is -2.36. The minimum Gasteiger partial charge on any atom is -0.352 e. The Morgan fingerprint density at radius 1 is 1.33 bits per heavy atom. The van der Waals surface area contributed by atoms with Gasteiger partial charge >= 0.3 is 0 Å². The molecule has 1 unspecified atom stereocenters. The average molecular weight is 206 g/mol. The van der Waals surface area contributed by atoms with Crippen LogP contribution in [0.2, 0.25) is 0 Å². The van der Waals surface area contributed by atoms with Crippen LogP contribution in [0.1, 0.15) is 25.7 Å². The third kappa shape index (κ3) is 1.19. The maximum Gasteiger partial charge on any atom is 0.269 e. The van der Waals surface area contributed by atoms with Crippen LogP contribution >= 0.6 is 0 Å².